The van der Waals surface area contributed by atoms with E-state index in [0.29, 0.717) is 24.6 Å². The van der Waals surface area contributed by atoms with Crippen LogP contribution in [0.5, 0.6) is 0 Å². The van der Waals surface area contributed by atoms with Crippen LogP contribution in [-0.4, -0.2) is 43.9 Å². The third-order valence-corrected chi connectivity index (χ3v) is 4.29. The van der Waals surface area contributed by atoms with Gasteiger partial charge >= 0.3 is 0 Å². The second-order valence-corrected chi connectivity index (χ2v) is 5.56. The lowest BCUT2D eigenvalue weighted by Crippen LogP contribution is -2.43. The monoisotopic (exact) mass is 278 g/mol. The third kappa shape index (κ3) is 2.18. The Bertz CT molecular complexity index is 611. The summed E-state index contributed by atoms with van der Waals surface area (Å²) < 4.78 is 1.66. The van der Waals surface area contributed by atoms with E-state index in [1.165, 1.54) is 0 Å². The van der Waals surface area contributed by atoms with Crippen molar-refractivity contribution in [2.45, 2.75) is 18.7 Å². The van der Waals surface area contributed by atoms with Gasteiger partial charge in [-0.2, -0.15) is 5.10 Å². The van der Waals surface area contributed by atoms with Crippen molar-refractivity contribution in [2.75, 3.05) is 13.1 Å². The first-order chi connectivity index (χ1) is 9.16. The van der Waals surface area contributed by atoms with E-state index in [2.05, 4.69) is 17.0 Å². The molecular formula is C13H15ClN4O. The average Bonchev–Trinajstić information content (AvgIpc) is 2.85. The summed E-state index contributed by atoms with van der Waals surface area (Å²) in [5, 5.41) is 4.33. The van der Waals surface area contributed by atoms with Crippen LogP contribution in [0.3, 0.4) is 0 Å². The number of carbonyl (C=O) groups is 1. The predicted molar refractivity (Wildman–Crippen MR) is 72.3 cm³/mol. The molecule has 0 bridgehead atoms. The summed E-state index contributed by atoms with van der Waals surface area (Å²) in [6.07, 6.45) is 7.50. The maximum Gasteiger partial charge on any atom is 0.257 e. The van der Waals surface area contributed by atoms with Crippen LogP contribution in [0.1, 0.15) is 23.7 Å². The normalized spacial score (nSPS) is 23.8. The zero-order valence-corrected chi connectivity index (χ0v) is 11.4. The first kappa shape index (κ1) is 12.4. The van der Waals surface area contributed by atoms with Gasteiger partial charge in [-0.25, -0.2) is 4.52 Å². The maximum absolute atomic E-state index is 12.5. The molecular weight excluding hydrogens is 264 g/mol. The Labute approximate surface area is 116 Å². The zero-order valence-electron chi connectivity index (χ0n) is 10.7. The summed E-state index contributed by atoms with van der Waals surface area (Å²) in [6.45, 7) is 3.48. The Hall–Kier alpha value is -1.62. The molecule has 3 heterocycles. The Kier molecular flexibility index (Phi) is 3.14. The maximum atomic E-state index is 12.5. The van der Waals surface area contributed by atoms with Crippen LogP contribution in [0, 0.1) is 5.92 Å². The fraction of sp³-hybridized carbons (Fsp3) is 0.462. The minimum atomic E-state index is 0.0124. The van der Waals surface area contributed by atoms with E-state index in [1.807, 2.05) is 4.90 Å². The van der Waals surface area contributed by atoms with Crippen LogP contribution in [0.25, 0.3) is 5.52 Å². The van der Waals surface area contributed by atoms with Crippen LogP contribution in [-0.2, 0) is 0 Å². The minimum absolute atomic E-state index is 0.0124. The fourth-order valence-electron chi connectivity index (χ4n) is 2.47. The van der Waals surface area contributed by atoms with Crippen molar-refractivity contribution in [1.82, 2.24) is 19.5 Å². The molecule has 0 aromatic carbocycles. The summed E-state index contributed by atoms with van der Waals surface area (Å²) in [5.74, 6) is 0.331. The highest BCUT2D eigenvalue weighted by molar-refractivity contribution is 6.20. The summed E-state index contributed by atoms with van der Waals surface area (Å²) in [4.78, 5) is 18.4. The van der Waals surface area contributed by atoms with Gasteiger partial charge in [-0.15, -0.1) is 11.6 Å². The van der Waals surface area contributed by atoms with Crippen LogP contribution in [0.4, 0.5) is 0 Å². The number of likely N-dealkylation sites (tertiary alicyclic amines) is 1. The zero-order chi connectivity index (χ0) is 13.4. The highest BCUT2D eigenvalue weighted by Crippen LogP contribution is 2.23. The van der Waals surface area contributed by atoms with Gasteiger partial charge in [0.1, 0.15) is 0 Å². The van der Waals surface area contributed by atoms with Gasteiger partial charge in [0.2, 0.25) is 0 Å². The Balaban J connectivity index is 1.88. The van der Waals surface area contributed by atoms with Crippen molar-refractivity contribution < 1.29 is 4.79 Å². The number of rotatable bonds is 1. The molecule has 0 saturated carbocycles. The Morgan fingerprint density at radius 2 is 2.32 bits per heavy atom. The van der Waals surface area contributed by atoms with Gasteiger partial charge in [0, 0.05) is 30.9 Å². The van der Waals surface area contributed by atoms with E-state index < -0.39 is 0 Å². The molecule has 2 unspecified atom stereocenters. The number of carbonyl (C=O) groups excluding carboxylic acids is 1. The Morgan fingerprint density at radius 1 is 1.47 bits per heavy atom. The molecule has 2 atom stereocenters. The number of piperidine rings is 1. The molecule has 0 N–H and O–H groups in total. The van der Waals surface area contributed by atoms with E-state index in [1.54, 1.807) is 29.3 Å². The van der Waals surface area contributed by atoms with E-state index in [0.717, 1.165) is 11.9 Å². The third-order valence-electron chi connectivity index (χ3n) is 3.64. The van der Waals surface area contributed by atoms with Crippen molar-refractivity contribution in [3.63, 3.8) is 0 Å². The molecule has 5 nitrogen and oxygen atoms in total. The number of halogens is 1. The number of hydrogen-bond donors (Lipinski definition) is 0. The molecule has 2 aromatic heterocycles. The first-order valence-corrected chi connectivity index (χ1v) is 6.81. The van der Waals surface area contributed by atoms with E-state index in [9.17, 15) is 4.79 Å². The Morgan fingerprint density at radius 3 is 3.11 bits per heavy atom. The van der Waals surface area contributed by atoms with Gasteiger partial charge in [0.25, 0.3) is 5.91 Å². The highest BCUT2D eigenvalue weighted by Gasteiger charge is 2.29. The molecule has 6 heteroatoms. The van der Waals surface area contributed by atoms with Crippen LogP contribution < -0.4 is 0 Å². The van der Waals surface area contributed by atoms with Crippen molar-refractivity contribution in [1.29, 1.82) is 0 Å². The fourth-order valence-corrected chi connectivity index (χ4v) is 2.65. The number of amides is 1. The molecule has 0 spiro atoms. The van der Waals surface area contributed by atoms with Crippen LogP contribution in [0.15, 0.2) is 24.8 Å². The molecule has 0 radical (unpaired) electrons. The van der Waals surface area contributed by atoms with Crippen molar-refractivity contribution in [3.05, 3.63) is 30.4 Å². The molecule has 1 amide bonds. The van der Waals surface area contributed by atoms with E-state index >= 15 is 0 Å². The van der Waals surface area contributed by atoms with Gasteiger partial charge in [-0.1, -0.05) is 6.92 Å². The number of nitrogens with zero attached hydrogens (tertiary/aromatic N) is 4. The minimum Gasteiger partial charge on any atom is -0.338 e. The predicted octanol–water partition coefficient (Wildman–Crippen LogP) is 1.82. The lowest BCUT2D eigenvalue weighted by atomic mass is 9.99. The van der Waals surface area contributed by atoms with Gasteiger partial charge in [0.05, 0.1) is 23.5 Å². The van der Waals surface area contributed by atoms with Crippen molar-refractivity contribution >= 4 is 23.0 Å². The largest absolute Gasteiger partial charge is 0.338 e. The summed E-state index contributed by atoms with van der Waals surface area (Å²) >= 11 is 6.19. The quantitative estimate of drug-likeness (QED) is 0.748. The van der Waals surface area contributed by atoms with E-state index in [4.69, 9.17) is 11.6 Å². The van der Waals surface area contributed by atoms with Gasteiger partial charge in [-0.05, 0) is 12.3 Å². The lowest BCUT2D eigenvalue weighted by Gasteiger charge is -2.33. The molecule has 1 aliphatic heterocycles. The van der Waals surface area contributed by atoms with Gasteiger partial charge < -0.3 is 4.90 Å². The molecule has 1 saturated heterocycles. The van der Waals surface area contributed by atoms with Gasteiger partial charge in [-0.3, -0.25) is 9.78 Å². The number of hydrogen-bond acceptors (Lipinski definition) is 3. The second kappa shape index (κ2) is 4.81. The van der Waals surface area contributed by atoms with Gasteiger partial charge in [0.15, 0.2) is 0 Å². The van der Waals surface area contributed by atoms with Crippen molar-refractivity contribution in [2.24, 2.45) is 5.92 Å². The van der Waals surface area contributed by atoms with Crippen molar-refractivity contribution in [3.8, 4) is 0 Å². The summed E-state index contributed by atoms with van der Waals surface area (Å²) in [6, 6.07) is 0. The topological polar surface area (TPSA) is 50.5 Å². The first-order valence-electron chi connectivity index (χ1n) is 6.37. The van der Waals surface area contributed by atoms with Crippen LogP contribution in [0.2, 0.25) is 0 Å². The molecule has 100 valence electrons. The molecule has 2 aromatic rings. The number of fused-ring (bicyclic) bond motifs is 1. The molecule has 1 aliphatic rings. The van der Waals surface area contributed by atoms with E-state index in [-0.39, 0.29) is 11.3 Å². The van der Waals surface area contributed by atoms with Crippen LogP contribution >= 0.6 is 11.6 Å². The summed E-state index contributed by atoms with van der Waals surface area (Å²) in [7, 11) is 0. The summed E-state index contributed by atoms with van der Waals surface area (Å²) in [5.41, 5.74) is 1.35. The number of alkyl halides is 1. The molecule has 0 aliphatic carbocycles. The smallest absolute Gasteiger partial charge is 0.257 e. The standard InChI is InChI=1S/C13H15ClN4O/c1-9-8-17(4-2-11(9)14)13(19)10-6-16-18-5-3-15-7-12(10)18/h3,5-7,9,11H,2,4,8H2,1H3. The molecule has 3 rings (SSSR count). The second-order valence-electron chi connectivity index (χ2n) is 5.00. The highest BCUT2D eigenvalue weighted by atomic mass is 35.5. The number of aromatic nitrogens is 3. The lowest BCUT2D eigenvalue weighted by molar-refractivity contribution is 0.0689. The SMILES string of the molecule is CC1CN(C(=O)c2cnn3ccncc23)CCC1Cl. The molecule has 19 heavy (non-hydrogen) atoms. The molecule has 1 fully saturated rings. The average molecular weight is 279 g/mol.